The Morgan fingerprint density at radius 1 is 1.62 bits per heavy atom. The number of hydrogen-bond donors (Lipinski definition) is 0. The molecule has 1 rings (SSSR count). The summed E-state index contributed by atoms with van der Waals surface area (Å²) in [6.45, 7) is 6.19. The lowest BCUT2D eigenvalue weighted by atomic mass is 10.4. The van der Waals surface area contributed by atoms with E-state index >= 15 is 0 Å². The van der Waals surface area contributed by atoms with Crippen molar-refractivity contribution in [2.45, 2.75) is 6.92 Å². The largest absolute Gasteiger partial charge is 0.492 e. The normalized spacial score (nSPS) is 9.38. The van der Waals surface area contributed by atoms with Crippen molar-refractivity contribution in [3.8, 4) is 6.01 Å². The van der Waals surface area contributed by atoms with Crippen molar-refractivity contribution in [1.29, 1.82) is 0 Å². The van der Waals surface area contributed by atoms with Gasteiger partial charge in [-0.1, -0.05) is 6.58 Å². The van der Waals surface area contributed by atoms with Crippen LogP contribution in [-0.2, 0) is 4.74 Å². The second-order valence-corrected chi connectivity index (χ2v) is 2.28. The maximum Gasteiger partial charge on any atom is 0.316 e. The van der Waals surface area contributed by atoms with Gasteiger partial charge in [0.15, 0.2) is 0 Å². The van der Waals surface area contributed by atoms with Crippen LogP contribution in [-0.4, -0.2) is 23.7 Å². The number of hydrogen-bond acceptors (Lipinski definition) is 4. The Morgan fingerprint density at radius 3 is 3.00 bits per heavy atom. The number of methoxy groups -OCH3 is 1. The molecule has 4 nitrogen and oxygen atoms in total. The molecule has 13 heavy (non-hydrogen) atoms. The highest BCUT2D eigenvalue weighted by Gasteiger charge is 2.02. The molecule has 0 N–H and O–H groups in total. The Balaban J connectivity index is 2.82. The van der Waals surface area contributed by atoms with E-state index in [0.717, 1.165) is 0 Å². The van der Waals surface area contributed by atoms with Crippen molar-refractivity contribution in [3.63, 3.8) is 0 Å². The van der Waals surface area contributed by atoms with Crippen LogP contribution in [0.4, 0.5) is 0 Å². The third-order valence-corrected chi connectivity index (χ3v) is 1.42. The second-order valence-electron chi connectivity index (χ2n) is 2.28. The molecule has 0 aliphatic rings. The van der Waals surface area contributed by atoms with Crippen LogP contribution < -0.4 is 4.74 Å². The van der Waals surface area contributed by atoms with E-state index in [2.05, 4.69) is 16.5 Å². The fourth-order valence-electron chi connectivity index (χ4n) is 0.843. The van der Waals surface area contributed by atoms with Crippen LogP contribution in [0.2, 0.25) is 0 Å². The van der Waals surface area contributed by atoms with Gasteiger partial charge in [0.1, 0.15) is 11.5 Å². The Morgan fingerprint density at radius 2 is 2.38 bits per heavy atom. The van der Waals surface area contributed by atoms with Gasteiger partial charge in [0.2, 0.25) is 0 Å². The molecular formula is C9H12N2O2. The topological polar surface area (TPSA) is 44.2 Å². The molecule has 0 aliphatic heterocycles. The van der Waals surface area contributed by atoms with Gasteiger partial charge in [0, 0.05) is 6.20 Å². The zero-order valence-corrected chi connectivity index (χ0v) is 7.78. The summed E-state index contributed by atoms with van der Waals surface area (Å²) in [5.74, 6) is 0.531. The summed E-state index contributed by atoms with van der Waals surface area (Å²) in [4.78, 5) is 7.92. The van der Waals surface area contributed by atoms with Gasteiger partial charge in [0.25, 0.3) is 0 Å². The maximum absolute atomic E-state index is 5.19. The van der Waals surface area contributed by atoms with E-state index in [9.17, 15) is 0 Å². The molecule has 0 atom stereocenters. The first-order valence-electron chi connectivity index (χ1n) is 3.97. The molecule has 0 spiro atoms. The molecule has 4 heteroatoms. The summed E-state index contributed by atoms with van der Waals surface area (Å²) >= 11 is 0. The van der Waals surface area contributed by atoms with Crippen LogP contribution in [0.25, 0.3) is 5.76 Å². The summed E-state index contributed by atoms with van der Waals surface area (Å²) in [6, 6.07) is 2.04. The Kier molecular flexibility index (Phi) is 3.25. The van der Waals surface area contributed by atoms with E-state index in [1.54, 1.807) is 12.3 Å². The lowest BCUT2D eigenvalue weighted by Crippen LogP contribution is -1.97. The minimum Gasteiger partial charge on any atom is -0.492 e. The van der Waals surface area contributed by atoms with Gasteiger partial charge >= 0.3 is 6.01 Å². The molecule has 0 bridgehead atoms. The van der Waals surface area contributed by atoms with Crippen molar-refractivity contribution in [2.24, 2.45) is 0 Å². The van der Waals surface area contributed by atoms with Crippen LogP contribution in [0.1, 0.15) is 12.6 Å². The van der Waals surface area contributed by atoms with E-state index in [4.69, 9.17) is 9.47 Å². The predicted molar refractivity (Wildman–Crippen MR) is 49.2 cm³/mol. The van der Waals surface area contributed by atoms with Crippen molar-refractivity contribution in [2.75, 3.05) is 13.7 Å². The van der Waals surface area contributed by atoms with Gasteiger partial charge in [-0.25, -0.2) is 4.98 Å². The molecule has 70 valence electrons. The van der Waals surface area contributed by atoms with Crippen LogP contribution in [0.3, 0.4) is 0 Å². The SMILES string of the molecule is C=C(OCC)c1ccnc(OC)n1. The molecule has 0 saturated heterocycles. The molecule has 0 amide bonds. The molecule has 0 saturated carbocycles. The second kappa shape index (κ2) is 4.45. The summed E-state index contributed by atoms with van der Waals surface area (Å²) < 4.78 is 10.1. The average molecular weight is 180 g/mol. The molecule has 1 heterocycles. The molecule has 0 radical (unpaired) electrons. The molecule has 0 aliphatic carbocycles. The molecule has 0 unspecified atom stereocenters. The highest BCUT2D eigenvalue weighted by atomic mass is 16.5. The van der Waals surface area contributed by atoms with Crippen LogP contribution in [0.5, 0.6) is 6.01 Å². The predicted octanol–water partition coefficient (Wildman–Crippen LogP) is 1.49. The Bertz CT molecular complexity index is 299. The van der Waals surface area contributed by atoms with Gasteiger partial charge in [-0.05, 0) is 13.0 Å². The third kappa shape index (κ3) is 2.43. The average Bonchev–Trinajstić information content (AvgIpc) is 2.18. The van der Waals surface area contributed by atoms with E-state index in [1.807, 2.05) is 6.92 Å². The fraction of sp³-hybridized carbons (Fsp3) is 0.333. The van der Waals surface area contributed by atoms with Gasteiger partial charge < -0.3 is 9.47 Å². The van der Waals surface area contributed by atoms with Crippen molar-refractivity contribution < 1.29 is 9.47 Å². The number of rotatable bonds is 4. The molecular weight excluding hydrogens is 168 g/mol. The Hall–Kier alpha value is -1.58. The van der Waals surface area contributed by atoms with Gasteiger partial charge in [-0.3, -0.25) is 0 Å². The van der Waals surface area contributed by atoms with E-state index in [-0.39, 0.29) is 0 Å². The lowest BCUT2D eigenvalue weighted by Gasteiger charge is -2.05. The molecule has 1 aromatic heterocycles. The first kappa shape index (κ1) is 9.51. The number of ether oxygens (including phenoxy) is 2. The van der Waals surface area contributed by atoms with Gasteiger partial charge in [-0.15, -0.1) is 0 Å². The smallest absolute Gasteiger partial charge is 0.316 e. The van der Waals surface area contributed by atoms with Crippen LogP contribution in [0, 0.1) is 0 Å². The first-order valence-corrected chi connectivity index (χ1v) is 3.97. The minimum atomic E-state index is 0.318. The molecule has 1 aromatic rings. The van der Waals surface area contributed by atoms with E-state index in [1.165, 1.54) is 7.11 Å². The summed E-state index contributed by atoms with van der Waals surface area (Å²) in [5, 5.41) is 0. The standard InChI is InChI=1S/C9H12N2O2/c1-4-13-7(2)8-5-6-10-9(11-8)12-3/h5-6H,2,4H2,1,3H3. The van der Waals surface area contributed by atoms with Gasteiger partial charge in [0.05, 0.1) is 13.7 Å². The minimum absolute atomic E-state index is 0.318. The van der Waals surface area contributed by atoms with Crippen LogP contribution in [0.15, 0.2) is 18.8 Å². The third-order valence-electron chi connectivity index (χ3n) is 1.42. The summed E-state index contributed by atoms with van der Waals surface area (Å²) in [5.41, 5.74) is 0.647. The highest BCUT2D eigenvalue weighted by Crippen LogP contribution is 2.12. The van der Waals surface area contributed by atoms with Crippen molar-refractivity contribution >= 4 is 5.76 Å². The number of nitrogens with zero attached hydrogens (tertiary/aromatic N) is 2. The van der Waals surface area contributed by atoms with Crippen LogP contribution >= 0.6 is 0 Å². The zero-order chi connectivity index (χ0) is 9.68. The fourth-order valence-corrected chi connectivity index (χ4v) is 0.843. The lowest BCUT2D eigenvalue weighted by molar-refractivity contribution is 0.296. The number of aromatic nitrogens is 2. The summed E-state index contributed by atoms with van der Waals surface area (Å²) in [7, 11) is 1.52. The molecule has 0 aromatic carbocycles. The maximum atomic E-state index is 5.19. The quantitative estimate of drug-likeness (QED) is 0.658. The van der Waals surface area contributed by atoms with E-state index < -0.39 is 0 Å². The molecule has 0 fully saturated rings. The van der Waals surface area contributed by atoms with Gasteiger partial charge in [-0.2, -0.15) is 4.98 Å². The Labute approximate surface area is 77.2 Å². The highest BCUT2D eigenvalue weighted by molar-refractivity contribution is 5.52. The van der Waals surface area contributed by atoms with E-state index in [0.29, 0.717) is 24.1 Å². The monoisotopic (exact) mass is 180 g/mol. The summed E-state index contributed by atoms with van der Waals surface area (Å²) in [6.07, 6.45) is 1.60. The zero-order valence-electron chi connectivity index (χ0n) is 7.78. The van der Waals surface area contributed by atoms with Crippen molar-refractivity contribution in [1.82, 2.24) is 9.97 Å². The van der Waals surface area contributed by atoms with Crippen molar-refractivity contribution in [3.05, 3.63) is 24.5 Å². The first-order chi connectivity index (χ1) is 6.27.